The minimum Gasteiger partial charge on any atom is -0.389 e. The predicted molar refractivity (Wildman–Crippen MR) is 115 cm³/mol. The first-order chi connectivity index (χ1) is 14.5. The maximum absolute atomic E-state index is 13.0. The summed E-state index contributed by atoms with van der Waals surface area (Å²) in [6, 6.07) is 5.51. The lowest BCUT2D eigenvalue weighted by Crippen LogP contribution is -2.49. The van der Waals surface area contributed by atoms with Crippen LogP contribution < -0.4 is 4.90 Å². The fourth-order valence-electron chi connectivity index (χ4n) is 6.03. The van der Waals surface area contributed by atoms with Gasteiger partial charge < -0.3 is 14.7 Å². The molecule has 4 rings (SSSR count). The third kappa shape index (κ3) is 4.33. The van der Waals surface area contributed by atoms with E-state index in [-0.39, 0.29) is 11.5 Å². The number of nitrogens with zero attached hydrogens (tertiary/aromatic N) is 2. The van der Waals surface area contributed by atoms with Crippen LogP contribution in [0.3, 0.4) is 0 Å². The number of β-amino-alcohol motifs (C(OH)–C–C–N with tert-alkyl or cyclic N) is 1. The average molecular weight is 441 g/mol. The van der Waals surface area contributed by atoms with Crippen LogP contribution in [0.1, 0.15) is 45.6 Å². The summed E-state index contributed by atoms with van der Waals surface area (Å²) in [5, 5.41) is 10.5. The predicted octanol–water partition coefficient (Wildman–Crippen LogP) is 4.42. The number of piperazine rings is 1. The molecule has 31 heavy (non-hydrogen) atoms. The van der Waals surface area contributed by atoms with E-state index in [1.54, 1.807) is 6.07 Å². The van der Waals surface area contributed by atoms with Gasteiger partial charge in [-0.2, -0.15) is 13.2 Å². The molecular weight excluding hydrogens is 405 g/mol. The van der Waals surface area contributed by atoms with Gasteiger partial charge in [-0.15, -0.1) is 0 Å². The monoisotopic (exact) mass is 440 g/mol. The number of halogens is 3. The third-order valence-electron chi connectivity index (χ3n) is 8.58. The Labute approximate surface area is 183 Å². The lowest BCUT2D eigenvalue weighted by molar-refractivity contribution is -0.137. The van der Waals surface area contributed by atoms with Gasteiger partial charge in [0.15, 0.2) is 0 Å². The summed E-state index contributed by atoms with van der Waals surface area (Å²) in [6.07, 6.45) is -1.09. The summed E-state index contributed by atoms with van der Waals surface area (Å²) in [6.45, 7) is 10.6. The van der Waals surface area contributed by atoms with E-state index in [9.17, 15) is 18.3 Å². The molecule has 0 aromatic heterocycles. The Bertz CT molecular complexity index is 776. The minimum absolute atomic E-state index is 0.188. The molecule has 1 aliphatic heterocycles. The van der Waals surface area contributed by atoms with E-state index in [1.165, 1.54) is 25.0 Å². The van der Waals surface area contributed by atoms with Crippen molar-refractivity contribution in [3.63, 3.8) is 0 Å². The molecule has 174 valence electrons. The van der Waals surface area contributed by atoms with Crippen molar-refractivity contribution in [3.05, 3.63) is 29.8 Å². The van der Waals surface area contributed by atoms with E-state index in [1.807, 2.05) is 4.90 Å². The fourth-order valence-corrected chi connectivity index (χ4v) is 6.03. The number of hydrogen-bond acceptors (Lipinski definition) is 4. The largest absolute Gasteiger partial charge is 0.416 e. The van der Waals surface area contributed by atoms with Crippen molar-refractivity contribution >= 4 is 5.69 Å². The van der Waals surface area contributed by atoms with Gasteiger partial charge in [-0.3, -0.25) is 4.90 Å². The van der Waals surface area contributed by atoms with Gasteiger partial charge in [-0.05, 0) is 54.2 Å². The van der Waals surface area contributed by atoms with Crippen molar-refractivity contribution < 1.29 is 23.0 Å². The van der Waals surface area contributed by atoms with E-state index in [0.29, 0.717) is 56.4 Å². The van der Waals surface area contributed by atoms with Crippen LogP contribution >= 0.6 is 0 Å². The summed E-state index contributed by atoms with van der Waals surface area (Å²) >= 11 is 0. The highest BCUT2D eigenvalue weighted by molar-refractivity contribution is 5.49. The van der Waals surface area contributed by atoms with Crippen LogP contribution in [0.5, 0.6) is 0 Å². The minimum atomic E-state index is -4.33. The van der Waals surface area contributed by atoms with Gasteiger partial charge in [0.1, 0.15) is 0 Å². The highest BCUT2D eigenvalue weighted by Crippen LogP contribution is 2.66. The van der Waals surface area contributed by atoms with Crippen molar-refractivity contribution in [2.24, 2.45) is 16.7 Å². The Morgan fingerprint density at radius 2 is 1.87 bits per heavy atom. The van der Waals surface area contributed by atoms with Crippen LogP contribution in [0.2, 0.25) is 0 Å². The highest BCUT2D eigenvalue weighted by Gasteiger charge is 2.61. The molecule has 1 aromatic rings. The zero-order valence-corrected chi connectivity index (χ0v) is 18.8. The Kier molecular flexibility index (Phi) is 6.07. The molecule has 0 unspecified atom stereocenters. The van der Waals surface area contributed by atoms with E-state index in [0.717, 1.165) is 12.5 Å². The standard InChI is InChI=1S/C24H35F3N2O2/c1-22(2)17-7-8-23(22,3)21(14-17)31-16-20(30)15-28-9-11-29(12-10-28)19-6-4-5-18(13-19)24(25,26)27/h4-6,13,17,20-21,30H,7-12,14-16H2,1-3H3/t17-,20+,21+,23-/m0/s1. The first-order valence-corrected chi connectivity index (χ1v) is 11.4. The normalized spacial score (nSPS) is 31.9. The zero-order chi connectivity index (χ0) is 22.4. The van der Waals surface area contributed by atoms with Crippen LogP contribution in [0, 0.1) is 16.7 Å². The summed E-state index contributed by atoms with van der Waals surface area (Å²) in [4.78, 5) is 4.15. The second-order valence-electron chi connectivity index (χ2n) is 10.4. The summed E-state index contributed by atoms with van der Waals surface area (Å²) in [5.74, 6) is 0.712. The molecule has 3 fully saturated rings. The van der Waals surface area contributed by atoms with Gasteiger partial charge in [-0.1, -0.05) is 26.8 Å². The molecule has 0 amide bonds. The third-order valence-corrected chi connectivity index (χ3v) is 8.58. The smallest absolute Gasteiger partial charge is 0.389 e. The number of aliphatic hydroxyl groups is 1. The van der Waals surface area contributed by atoms with Crippen molar-refractivity contribution in [3.8, 4) is 0 Å². The maximum atomic E-state index is 13.0. The molecule has 0 radical (unpaired) electrons. The van der Waals surface area contributed by atoms with Gasteiger partial charge in [0, 0.05) is 38.4 Å². The number of rotatable bonds is 6. The Morgan fingerprint density at radius 3 is 2.45 bits per heavy atom. The van der Waals surface area contributed by atoms with Crippen LogP contribution in [0.25, 0.3) is 0 Å². The Balaban J connectivity index is 1.23. The lowest BCUT2D eigenvalue weighted by Gasteiger charge is -2.40. The molecule has 1 N–H and O–H groups in total. The van der Waals surface area contributed by atoms with Gasteiger partial charge in [0.2, 0.25) is 0 Å². The lowest BCUT2D eigenvalue weighted by atomic mass is 9.70. The van der Waals surface area contributed by atoms with Crippen LogP contribution in [0.4, 0.5) is 18.9 Å². The SMILES string of the molecule is CC1(C)[C@H]2CC[C@@]1(C)[C@H](OC[C@H](O)CN1CCN(c3cccc(C(F)(F)F)c3)CC1)C2. The molecule has 1 heterocycles. The molecule has 0 spiro atoms. The first-order valence-electron chi connectivity index (χ1n) is 11.4. The number of hydrogen-bond donors (Lipinski definition) is 1. The average Bonchev–Trinajstić information content (AvgIpc) is 3.06. The number of aliphatic hydroxyl groups excluding tert-OH is 1. The van der Waals surface area contributed by atoms with Crippen molar-refractivity contribution in [1.29, 1.82) is 0 Å². The number of fused-ring (bicyclic) bond motifs is 2. The van der Waals surface area contributed by atoms with Gasteiger partial charge in [0.05, 0.1) is 24.4 Å². The van der Waals surface area contributed by atoms with Crippen LogP contribution in [0.15, 0.2) is 24.3 Å². The molecule has 4 nitrogen and oxygen atoms in total. The molecule has 1 saturated heterocycles. The molecule has 2 aliphatic carbocycles. The van der Waals surface area contributed by atoms with Crippen molar-refractivity contribution in [2.45, 2.75) is 58.4 Å². The molecule has 7 heteroatoms. The molecule has 2 bridgehead atoms. The summed E-state index contributed by atoms with van der Waals surface area (Å²) in [5.41, 5.74) is 0.471. The van der Waals surface area contributed by atoms with Crippen molar-refractivity contribution in [2.75, 3.05) is 44.2 Å². The van der Waals surface area contributed by atoms with Gasteiger partial charge >= 0.3 is 6.18 Å². The Morgan fingerprint density at radius 1 is 1.16 bits per heavy atom. The maximum Gasteiger partial charge on any atom is 0.416 e. The second kappa shape index (κ2) is 8.23. The molecule has 1 aromatic carbocycles. The molecule has 4 atom stereocenters. The van der Waals surface area contributed by atoms with E-state index < -0.39 is 17.8 Å². The Hall–Kier alpha value is -1.31. The zero-order valence-electron chi connectivity index (χ0n) is 18.8. The van der Waals surface area contributed by atoms with Crippen LogP contribution in [-0.4, -0.2) is 61.5 Å². The molecular formula is C24H35F3N2O2. The van der Waals surface area contributed by atoms with Crippen LogP contribution in [-0.2, 0) is 10.9 Å². The van der Waals surface area contributed by atoms with E-state index >= 15 is 0 Å². The topological polar surface area (TPSA) is 35.9 Å². The molecule has 2 saturated carbocycles. The quantitative estimate of drug-likeness (QED) is 0.711. The first kappa shape index (κ1) is 22.9. The van der Waals surface area contributed by atoms with Gasteiger partial charge in [-0.25, -0.2) is 0 Å². The number of alkyl halides is 3. The fraction of sp³-hybridized carbons (Fsp3) is 0.750. The number of ether oxygens (including phenoxy) is 1. The summed E-state index contributed by atoms with van der Waals surface area (Å²) in [7, 11) is 0. The highest BCUT2D eigenvalue weighted by atomic mass is 19.4. The number of anilines is 1. The number of benzene rings is 1. The summed E-state index contributed by atoms with van der Waals surface area (Å²) < 4.78 is 45.1. The van der Waals surface area contributed by atoms with Gasteiger partial charge in [0.25, 0.3) is 0 Å². The second-order valence-corrected chi connectivity index (χ2v) is 10.4. The molecule has 3 aliphatic rings. The van der Waals surface area contributed by atoms with E-state index in [4.69, 9.17) is 4.74 Å². The van der Waals surface area contributed by atoms with E-state index in [2.05, 4.69) is 25.7 Å². The van der Waals surface area contributed by atoms with Crippen molar-refractivity contribution in [1.82, 2.24) is 4.90 Å².